The van der Waals surface area contributed by atoms with Gasteiger partial charge in [0, 0.05) is 21.1 Å². The minimum atomic E-state index is -0.294. The summed E-state index contributed by atoms with van der Waals surface area (Å²) >= 11 is 18.2. The van der Waals surface area contributed by atoms with Gasteiger partial charge >= 0.3 is 0 Å². The number of hydroxylamine groups is 1. The highest BCUT2D eigenvalue weighted by Gasteiger charge is 2.17. The first-order chi connectivity index (χ1) is 9.56. The highest BCUT2D eigenvalue weighted by molar-refractivity contribution is 6.39. The summed E-state index contributed by atoms with van der Waals surface area (Å²) in [7, 11) is 0. The molecule has 0 aromatic heterocycles. The first-order valence-electron chi connectivity index (χ1n) is 6.30. The molecule has 1 N–H and O–H groups in total. The van der Waals surface area contributed by atoms with Crippen LogP contribution in [0.25, 0.3) is 0 Å². The summed E-state index contributed by atoms with van der Waals surface area (Å²) in [5, 5.41) is 1.63. The van der Waals surface area contributed by atoms with Gasteiger partial charge in [-0.1, -0.05) is 34.8 Å². The molecule has 0 amide bonds. The molecule has 0 aliphatic carbocycles. The first-order valence-corrected chi connectivity index (χ1v) is 7.43. The molecule has 1 saturated heterocycles. The van der Waals surface area contributed by atoms with Crippen molar-refractivity contribution in [1.82, 2.24) is 5.48 Å². The molecule has 0 bridgehead atoms. The quantitative estimate of drug-likeness (QED) is 0.805. The minimum absolute atomic E-state index is 0.0348. The highest BCUT2D eigenvalue weighted by Crippen LogP contribution is 2.29. The van der Waals surface area contributed by atoms with Crippen molar-refractivity contribution in [3.05, 3.63) is 32.8 Å². The predicted molar refractivity (Wildman–Crippen MR) is 79.4 cm³/mol. The van der Waals surface area contributed by atoms with Gasteiger partial charge in [-0.15, -0.1) is 0 Å². The summed E-state index contributed by atoms with van der Waals surface area (Å²) in [5.74, 6) is 0. The molecule has 1 aliphatic heterocycles. The molecule has 7 heteroatoms. The Balaban J connectivity index is 1.80. The van der Waals surface area contributed by atoms with E-state index in [1.165, 1.54) is 0 Å². The van der Waals surface area contributed by atoms with Crippen molar-refractivity contribution in [1.29, 1.82) is 0 Å². The minimum Gasteiger partial charge on any atom is -0.348 e. The third kappa shape index (κ3) is 4.74. The van der Waals surface area contributed by atoms with Crippen molar-refractivity contribution in [2.75, 3.05) is 19.8 Å². The average Bonchev–Trinajstić information content (AvgIpc) is 2.87. The van der Waals surface area contributed by atoms with Crippen LogP contribution in [-0.4, -0.2) is 32.2 Å². The molecule has 112 valence electrons. The second-order valence-electron chi connectivity index (χ2n) is 4.55. The lowest BCUT2D eigenvalue weighted by Crippen LogP contribution is -2.32. The second kappa shape index (κ2) is 7.80. The van der Waals surface area contributed by atoms with Gasteiger partial charge in [0.2, 0.25) is 0 Å². The normalized spacial score (nSPS) is 17.6. The van der Waals surface area contributed by atoms with Crippen LogP contribution in [0.15, 0.2) is 12.1 Å². The average molecular weight is 341 g/mol. The van der Waals surface area contributed by atoms with Gasteiger partial charge in [-0.3, -0.25) is 4.84 Å². The number of benzene rings is 1. The van der Waals surface area contributed by atoms with Gasteiger partial charge in [0.25, 0.3) is 0 Å². The summed E-state index contributed by atoms with van der Waals surface area (Å²) in [6, 6.07) is 3.39. The molecule has 1 aromatic carbocycles. The summed E-state index contributed by atoms with van der Waals surface area (Å²) in [6.07, 6.45) is 0.332. The maximum absolute atomic E-state index is 6.14. The number of hydrogen-bond donors (Lipinski definition) is 1. The van der Waals surface area contributed by atoms with Gasteiger partial charge in [-0.05, 0) is 31.0 Å². The molecule has 1 aromatic rings. The summed E-state index contributed by atoms with van der Waals surface area (Å²) in [5.41, 5.74) is 3.76. The maximum atomic E-state index is 6.14. The Labute approximate surface area is 133 Å². The maximum Gasteiger partial charge on any atom is 0.183 e. The fourth-order valence-corrected chi connectivity index (χ4v) is 2.85. The monoisotopic (exact) mass is 339 g/mol. The zero-order chi connectivity index (χ0) is 14.5. The van der Waals surface area contributed by atoms with Crippen LogP contribution >= 0.6 is 34.8 Å². The summed E-state index contributed by atoms with van der Waals surface area (Å²) < 4.78 is 10.5. The lowest BCUT2D eigenvalue weighted by molar-refractivity contribution is -0.121. The molecule has 4 nitrogen and oxygen atoms in total. The van der Waals surface area contributed by atoms with E-state index in [1.54, 1.807) is 12.1 Å². The second-order valence-corrected chi connectivity index (χ2v) is 5.80. The number of nitrogens with one attached hydrogen (secondary N) is 1. The lowest BCUT2D eigenvalue weighted by Gasteiger charge is -2.17. The van der Waals surface area contributed by atoms with Crippen LogP contribution in [0.5, 0.6) is 0 Å². The molecule has 1 heterocycles. The number of halogens is 3. The van der Waals surface area contributed by atoms with E-state index in [-0.39, 0.29) is 12.3 Å². The molecule has 0 saturated carbocycles. The Hall–Kier alpha value is -0.0700. The van der Waals surface area contributed by atoms with Gasteiger partial charge < -0.3 is 9.47 Å². The Morgan fingerprint density at radius 2 is 1.85 bits per heavy atom. The number of ether oxygens (including phenoxy) is 2. The fraction of sp³-hybridized carbons (Fsp3) is 0.538. The van der Waals surface area contributed by atoms with E-state index < -0.39 is 0 Å². The summed E-state index contributed by atoms with van der Waals surface area (Å²) in [4.78, 5) is 5.34. The van der Waals surface area contributed by atoms with E-state index >= 15 is 0 Å². The first kappa shape index (κ1) is 16.3. The SMILES string of the molecule is C[C@@H](Cc1c(Cl)cc(Cl)cc1Cl)NOCC1OCCO1. The van der Waals surface area contributed by atoms with Crippen molar-refractivity contribution in [3.63, 3.8) is 0 Å². The predicted octanol–water partition coefficient (Wildman–Crippen LogP) is 3.47. The molecule has 0 radical (unpaired) electrons. The molecule has 1 atom stereocenters. The Kier molecular flexibility index (Phi) is 6.36. The van der Waals surface area contributed by atoms with Gasteiger partial charge in [0.05, 0.1) is 13.2 Å². The Bertz CT molecular complexity index is 429. The van der Waals surface area contributed by atoms with Crippen molar-refractivity contribution in [3.8, 4) is 0 Å². The van der Waals surface area contributed by atoms with Gasteiger partial charge in [0.15, 0.2) is 6.29 Å². The highest BCUT2D eigenvalue weighted by atomic mass is 35.5. The third-order valence-electron chi connectivity index (χ3n) is 2.81. The van der Waals surface area contributed by atoms with Crippen molar-refractivity contribution >= 4 is 34.8 Å². The Morgan fingerprint density at radius 3 is 2.45 bits per heavy atom. The van der Waals surface area contributed by atoms with Crippen molar-refractivity contribution in [2.45, 2.75) is 25.7 Å². The molecule has 0 spiro atoms. The van der Waals surface area contributed by atoms with E-state index in [2.05, 4.69) is 5.48 Å². The van der Waals surface area contributed by atoms with E-state index in [4.69, 9.17) is 49.1 Å². The van der Waals surface area contributed by atoms with E-state index in [9.17, 15) is 0 Å². The molecule has 1 fully saturated rings. The molecule has 0 unspecified atom stereocenters. The van der Waals surface area contributed by atoms with Crippen molar-refractivity contribution < 1.29 is 14.3 Å². The van der Waals surface area contributed by atoms with Crippen LogP contribution in [0.3, 0.4) is 0 Å². The van der Waals surface area contributed by atoms with E-state index in [0.29, 0.717) is 41.3 Å². The zero-order valence-corrected chi connectivity index (χ0v) is 13.3. The molecule has 1 aliphatic rings. The van der Waals surface area contributed by atoms with Gasteiger partial charge in [-0.2, -0.15) is 5.48 Å². The lowest BCUT2D eigenvalue weighted by atomic mass is 10.1. The van der Waals surface area contributed by atoms with Crippen LogP contribution in [-0.2, 0) is 20.7 Å². The Morgan fingerprint density at radius 1 is 1.25 bits per heavy atom. The smallest absolute Gasteiger partial charge is 0.183 e. The number of hydrogen-bond acceptors (Lipinski definition) is 4. The molecule has 2 rings (SSSR count). The van der Waals surface area contributed by atoms with Crippen LogP contribution < -0.4 is 5.48 Å². The van der Waals surface area contributed by atoms with Crippen LogP contribution in [0.1, 0.15) is 12.5 Å². The van der Waals surface area contributed by atoms with Crippen LogP contribution in [0.2, 0.25) is 15.1 Å². The molecular weight excluding hydrogens is 325 g/mol. The summed E-state index contributed by atoms with van der Waals surface area (Å²) in [6.45, 7) is 3.53. The van der Waals surface area contributed by atoms with Gasteiger partial charge in [-0.25, -0.2) is 0 Å². The number of rotatable bonds is 6. The van der Waals surface area contributed by atoms with Crippen LogP contribution in [0.4, 0.5) is 0 Å². The van der Waals surface area contributed by atoms with E-state index in [0.717, 1.165) is 5.56 Å². The largest absolute Gasteiger partial charge is 0.348 e. The van der Waals surface area contributed by atoms with Gasteiger partial charge in [0.1, 0.15) is 6.61 Å². The molecule has 20 heavy (non-hydrogen) atoms. The fourth-order valence-electron chi connectivity index (χ4n) is 1.88. The van der Waals surface area contributed by atoms with Crippen molar-refractivity contribution in [2.24, 2.45) is 0 Å². The third-order valence-corrected chi connectivity index (χ3v) is 3.70. The van der Waals surface area contributed by atoms with Crippen LogP contribution in [0, 0.1) is 0 Å². The van der Waals surface area contributed by atoms with E-state index in [1.807, 2.05) is 6.92 Å². The zero-order valence-electron chi connectivity index (χ0n) is 11.0. The topological polar surface area (TPSA) is 39.7 Å². The molecular formula is C13H16Cl3NO3. The standard InChI is InChI=1S/C13H16Cl3NO3/c1-8(17-20-7-13-18-2-3-19-13)4-10-11(15)5-9(14)6-12(10)16/h5-6,8,13,17H,2-4,7H2,1H3/t8-/m0/s1.